The van der Waals surface area contributed by atoms with Crippen LogP contribution in [0.1, 0.15) is 32.4 Å². The number of nitrogens with one attached hydrogen (secondary N) is 3. The summed E-state index contributed by atoms with van der Waals surface area (Å²) >= 11 is 0. The van der Waals surface area contributed by atoms with Gasteiger partial charge in [0.05, 0.1) is 6.04 Å². The van der Waals surface area contributed by atoms with Gasteiger partial charge in [-0.25, -0.2) is 4.79 Å². The molecule has 3 rings (SSSR count). The van der Waals surface area contributed by atoms with E-state index < -0.39 is 0 Å². The topological polar surface area (TPSA) is 88.7 Å². The molecule has 3 N–H and O–H groups in total. The zero-order chi connectivity index (χ0) is 19.4. The molecule has 3 amide bonds. The van der Waals surface area contributed by atoms with Gasteiger partial charge in [0.25, 0.3) is 0 Å². The maximum atomic E-state index is 12.3. The summed E-state index contributed by atoms with van der Waals surface area (Å²) in [5, 5.41) is 8.47. The molecule has 1 aliphatic heterocycles. The van der Waals surface area contributed by atoms with Gasteiger partial charge in [-0.1, -0.05) is 26.0 Å². The summed E-state index contributed by atoms with van der Waals surface area (Å²) < 4.78 is 10.7. The van der Waals surface area contributed by atoms with E-state index in [0.717, 1.165) is 5.56 Å². The van der Waals surface area contributed by atoms with Crippen molar-refractivity contribution in [3.8, 4) is 11.5 Å². The van der Waals surface area contributed by atoms with Crippen molar-refractivity contribution in [2.45, 2.75) is 26.8 Å². The van der Waals surface area contributed by atoms with Gasteiger partial charge in [-0.2, -0.15) is 0 Å². The number of benzene rings is 2. The maximum absolute atomic E-state index is 12.3. The van der Waals surface area contributed by atoms with E-state index in [-0.39, 0.29) is 30.7 Å². The SMILES string of the molecule is CC(C)C(=O)Nc1cccc(NC(=O)NC(C)c2ccc3c(c2)OCO3)c1. The Kier molecular flexibility index (Phi) is 5.49. The number of rotatable bonds is 5. The van der Waals surface area contributed by atoms with Gasteiger partial charge in [0.15, 0.2) is 11.5 Å². The minimum atomic E-state index is -0.340. The van der Waals surface area contributed by atoms with Crippen LogP contribution in [0.5, 0.6) is 11.5 Å². The van der Waals surface area contributed by atoms with E-state index in [0.29, 0.717) is 22.9 Å². The fourth-order valence-corrected chi connectivity index (χ4v) is 2.59. The third-order valence-electron chi connectivity index (χ3n) is 4.16. The lowest BCUT2D eigenvalue weighted by molar-refractivity contribution is -0.118. The van der Waals surface area contributed by atoms with Crippen LogP contribution in [-0.2, 0) is 4.79 Å². The summed E-state index contributed by atoms with van der Waals surface area (Å²) in [5.74, 6) is 1.19. The van der Waals surface area contributed by atoms with Crippen LogP contribution < -0.4 is 25.4 Å². The van der Waals surface area contributed by atoms with Gasteiger partial charge in [-0.05, 0) is 42.8 Å². The minimum absolute atomic E-state index is 0.0759. The molecule has 0 saturated heterocycles. The highest BCUT2D eigenvalue weighted by Crippen LogP contribution is 2.34. The molecule has 0 bridgehead atoms. The average Bonchev–Trinajstić information content (AvgIpc) is 3.09. The van der Waals surface area contributed by atoms with Crippen LogP contribution in [-0.4, -0.2) is 18.7 Å². The quantitative estimate of drug-likeness (QED) is 0.746. The molecule has 1 aliphatic rings. The monoisotopic (exact) mass is 369 g/mol. The third-order valence-corrected chi connectivity index (χ3v) is 4.16. The van der Waals surface area contributed by atoms with Crippen LogP contribution >= 0.6 is 0 Å². The number of hydrogen-bond acceptors (Lipinski definition) is 4. The number of carbonyl (C=O) groups is 2. The fraction of sp³-hybridized carbons (Fsp3) is 0.300. The normalized spacial score (nSPS) is 13.2. The molecule has 0 radical (unpaired) electrons. The van der Waals surface area contributed by atoms with Crippen molar-refractivity contribution < 1.29 is 19.1 Å². The Morgan fingerprint density at radius 2 is 1.63 bits per heavy atom. The Labute approximate surface area is 158 Å². The fourth-order valence-electron chi connectivity index (χ4n) is 2.59. The molecular formula is C20H23N3O4. The van der Waals surface area contributed by atoms with Gasteiger partial charge in [0.1, 0.15) is 0 Å². The number of anilines is 2. The number of urea groups is 1. The molecule has 0 aliphatic carbocycles. The molecule has 0 spiro atoms. The summed E-state index contributed by atoms with van der Waals surface area (Å²) in [7, 11) is 0. The Balaban J connectivity index is 1.59. The predicted octanol–water partition coefficient (Wildman–Crippen LogP) is 3.89. The third kappa shape index (κ3) is 4.69. The van der Waals surface area contributed by atoms with Crippen molar-refractivity contribution in [2.75, 3.05) is 17.4 Å². The summed E-state index contributed by atoms with van der Waals surface area (Å²) in [6.45, 7) is 5.74. The molecule has 27 heavy (non-hydrogen) atoms. The lowest BCUT2D eigenvalue weighted by Gasteiger charge is -2.16. The molecule has 2 aromatic carbocycles. The maximum Gasteiger partial charge on any atom is 0.319 e. The van der Waals surface area contributed by atoms with Crippen molar-refractivity contribution in [3.63, 3.8) is 0 Å². The van der Waals surface area contributed by atoms with Crippen molar-refractivity contribution in [1.82, 2.24) is 5.32 Å². The highest BCUT2D eigenvalue weighted by atomic mass is 16.7. The summed E-state index contributed by atoms with van der Waals surface area (Å²) in [4.78, 5) is 24.1. The Hall–Kier alpha value is -3.22. The second-order valence-corrected chi connectivity index (χ2v) is 6.66. The lowest BCUT2D eigenvalue weighted by Crippen LogP contribution is -2.31. The standard InChI is InChI=1S/C20H23N3O4/c1-12(2)19(24)22-15-5-4-6-16(10-15)23-20(25)21-13(3)14-7-8-17-18(9-14)27-11-26-17/h4-10,12-13H,11H2,1-3H3,(H,22,24)(H2,21,23,25). The van der Waals surface area contributed by atoms with Gasteiger partial charge in [-0.3, -0.25) is 4.79 Å². The number of hydrogen-bond donors (Lipinski definition) is 3. The van der Waals surface area contributed by atoms with Crippen LogP contribution in [0.25, 0.3) is 0 Å². The van der Waals surface area contributed by atoms with Crippen LogP contribution in [0, 0.1) is 5.92 Å². The summed E-state index contributed by atoms with van der Waals surface area (Å²) in [6, 6.07) is 12.0. The van der Waals surface area contributed by atoms with Crippen LogP contribution in [0.4, 0.5) is 16.2 Å². The van der Waals surface area contributed by atoms with E-state index in [4.69, 9.17) is 9.47 Å². The lowest BCUT2D eigenvalue weighted by atomic mass is 10.1. The number of amides is 3. The molecule has 0 saturated carbocycles. The highest BCUT2D eigenvalue weighted by molar-refractivity contribution is 5.94. The number of carbonyl (C=O) groups excluding carboxylic acids is 2. The number of fused-ring (bicyclic) bond motifs is 1. The van der Waals surface area contributed by atoms with Gasteiger partial charge < -0.3 is 25.4 Å². The zero-order valence-corrected chi connectivity index (χ0v) is 15.5. The molecule has 1 atom stereocenters. The van der Waals surface area contributed by atoms with Crippen molar-refractivity contribution in [1.29, 1.82) is 0 Å². The molecule has 0 fully saturated rings. The molecule has 2 aromatic rings. The Bertz CT molecular complexity index is 851. The van der Waals surface area contributed by atoms with E-state index in [9.17, 15) is 9.59 Å². The molecule has 0 aromatic heterocycles. The minimum Gasteiger partial charge on any atom is -0.454 e. The van der Waals surface area contributed by atoms with Crippen molar-refractivity contribution in [3.05, 3.63) is 48.0 Å². The van der Waals surface area contributed by atoms with Gasteiger partial charge in [-0.15, -0.1) is 0 Å². The van der Waals surface area contributed by atoms with E-state index in [2.05, 4.69) is 16.0 Å². The molecule has 7 heteroatoms. The Morgan fingerprint density at radius 1 is 0.926 bits per heavy atom. The Morgan fingerprint density at radius 3 is 2.37 bits per heavy atom. The van der Waals surface area contributed by atoms with Gasteiger partial charge >= 0.3 is 6.03 Å². The summed E-state index contributed by atoms with van der Waals surface area (Å²) in [5.41, 5.74) is 2.13. The van der Waals surface area contributed by atoms with Crippen LogP contribution in [0.2, 0.25) is 0 Å². The second kappa shape index (κ2) is 7.99. The molecule has 7 nitrogen and oxygen atoms in total. The predicted molar refractivity (Wildman–Crippen MR) is 103 cm³/mol. The first-order valence-corrected chi connectivity index (χ1v) is 8.80. The van der Waals surface area contributed by atoms with E-state index in [1.807, 2.05) is 39.0 Å². The van der Waals surface area contributed by atoms with E-state index in [1.165, 1.54) is 0 Å². The van der Waals surface area contributed by atoms with E-state index in [1.54, 1.807) is 24.3 Å². The largest absolute Gasteiger partial charge is 0.454 e. The highest BCUT2D eigenvalue weighted by Gasteiger charge is 2.17. The molecule has 1 unspecified atom stereocenters. The first kappa shape index (κ1) is 18.6. The van der Waals surface area contributed by atoms with Crippen molar-refractivity contribution >= 4 is 23.3 Å². The summed E-state index contributed by atoms with van der Waals surface area (Å²) in [6.07, 6.45) is 0. The zero-order valence-electron chi connectivity index (χ0n) is 15.5. The van der Waals surface area contributed by atoms with Crippen molar-refractivity contribution in [2.24, 2.45) is 5.92 Å². The van der Waals surface area contributed by atoms with Gasteiger partial charge in [0.2, 0.25) is 12.7 Å². The molecular weight excluding hydrogens is 346 g/mol. The average molecular weight is 369 g/mol. The van der Waals surface area contributed by atoms with Crippen LogP contribution in [0.15, 0.2) is 42.5 Å². The molecule has 1 heterocycles. The van der Waals surface area contributed by atoms with E-state index >= 15 is 0 Å². The van der Waals surface area contributed by atoms with Gasteiger partial charge in [0, 0.05) is 17.3 Å². The first-order chi connectivity index (χ1) is 12.9. The second-order valence-electron chi connectivity index (χ2n) is 6.66. The first-order valence-electron chi connectivity index (χ1n) is 8.80. The molecule has 142 valence electrons. The smallest absolute Gasteiger partial charge is 0.319 e. The van der Waals surface area contributed by atoms with Crippen LogP contribution in [0.3, 0.4) is 0 Å². The number of ether oxygens (including phenoxy) is 2.